The Hall–Kier alpha value is -0.660. The molecule has 1 aromatic carbocycles. The lowest BCUT2D eigenvalue weighted by Gasteiger charge is -2.07. The standard InChI is InChI=1S/C16H14INOS2/c1-8-6-9-10(20-8)4-5-11-12(9)13(17)14(21-11)15-18-16(2,3)7-19-15/h4-6H,7H2,1-3H3. The Morgan fingerprint density at radius 3 is 2.71 bits per heavy atom. The molecule has 0 fully saturated rings. The van der Waals surface area contributed by atoms with Crippen LogP contribution in [-0.2, 0) is 4.74 Å². The third-order valence-electron chi connectivity index (χ3n) is 3.58. The van der Waals surface area contributed by atoms with Crippen molar-refractivity contribution in [2.45, 2.75) is 26.3 Å². The van der Waals surface area contributed by atoms with E-state index in [1.165, 1.54) is 33.5 Å². The molecule has 0 radical (unpaired) electrons. The van der Waals surface area contributed by atoms with Crippen molar-refractivity contribution in [3.63, 3.8) is 0 Å². The van der Waals surface area contributed by atoms with Crippen molar-refractivity contribution in [2.24, 2.45) is 4.99 Å². The van der Waals surface area contributed by atoms with Crippen LogP contribution in [0.25, 0.3) is 20.2 Å². The van der Waals surface area contributed by atoms with Gasteiger partial charge in [0.2, 0.25) is 5.90 Å². The van der Waals surface area contributed by atoms with Gasteiger partial charge in [-0.15, -0.1) is 22.7 Å². The molecule has 0 aliphatic carbocycles. The predicted molar refractivity (Wildman–Crippen MR) is 101 cm³/mol. The molecule has 0 bridgehead atoms. The fourth-order valence-corrected chi connectivity index (χ4v) is 5.95. The van der Waals surface area contributed by atoms with E-state index >= 15 is 0 Å². The van der Waals surface area contributed by atoms with E-state index in [4.69, 9.17) is 9.73 Å². The second-order valence-corrected chi connectivity index (χ2v) is 9.39. The van der Waals surface area contributed by atoms with E-state index in [1.807, 2.05) is 11.3 Å². The van der Waals surface area contributed by atoms with E-state index in [-0.39, 0.29) is 5.54 Å². The number of aliphatic imine (C=N–C) groups is 1. The van der Waals surface area contributed by atoms with Gasteiger partial charge in [0.25, 0.3) is 0 Å². The molecule has 2 aromatic heterocycles. The van der Waals surface area contributed by atoms with Crippen molar-refractivity contribution in [2.75, 3.05) is 6.61 Å². The highest BCUT2D eigenvalue weighted by Crippen LogP contribution is 2.41. The summed E-state index contributed by atoms with van der Waals surface area (Å²) in [6, 6.07) is 6.75. The van der Waals surface area contributed by atoms with Gasteiger partial charge in [-0.2, -0.15) is 0 Å². The summed E-state index contributed by atoms with van der Waals surface area (Å²) in [4.78, 5) is 7.27. The first kappa shape index (κ1) is 14.0. The van der Waals surface area contributed by atoms with E-state index < -0.39 is 0 Å². The Morgan fingerprint density at radius 1 is 1.24 bits per heavy atom. The van der Waals surface area contributed by atoms with Gasteiger partial charge >= 0.3 is 0 Å². The summed E-state index contributed by atoms with van der Waals surface area (Å²) in [5.41, 5.74) is -0.108. The molecule has 0 N–H and O–H groups in total. The summed E-state index contributed by atoms with van der Waals surface area (Å²) in [6.45, 7) is 7.06. The van der Waals surface area contributed by atoms with E-state index in [1.54, 1.807) is 11.3 Å². The SMILES string of the molecule is Cc1cc2c(ccc3sc(C4=NC(C)(C)CO4)c(I)c32)s1. The maximum atomic E-state index is 5.84. The van der Waals surface area contributed by atoms with Crippen LogP contribution in [0.5, 0.6) is 0 Å². The normalized spacial score (nSPS) is 17.4. The topological polar surface area (TPSA) is 21.6 Å². The van der Waals surface area contributed by atoms with Crippen molar-refractivity contribution < 1.29 is 4.74 Å². The Labute approximate surface area is 145 Å². The number of benzene rings is 1. The second-order valence-electron chi connectivity index (χ2n) is 5.97. The van der Waals surface area contributed by atoms with E-state index in [0.29, 0.717) is 6.61 Å². The highest BCUT2D eigenvalue weighted by molar-refractivity contribution is 14.1. The van der Waals surface area contributed by atoms with Gasteiger partial charge in [-0.1, -0.05) is 0 Å². The third-order valence-corrected chi connectivity index (χ3v) is 7.18. The molecule has 0 saturated carbocycles. The Kier molecular flexibility index (Phi) is 3.10. The molecule has 4 rings (SSSR count). The molecule has 0 unspecified atom stereocenters. The summed E-state index contributed by atoms with van der Waals surface area (Å²) in [7, 11) is 0. The Morgan fingerprint density at radius 2 is 2.00 bits per heavy atom. The van der Waals surface area contributed by atoms with Crippen molar-refractivity contribution >= 4 is 71.3 Å². The van der Waals surface area contributed by atoms with Crippen LogP contribution in [0, 0.1) is 10.5 Å². The van der Waals surface area contributed by atoms with Crippen molar-refractivity contribution in [1.82, 2.24) is 0 Å². The lowest BCUT2D eigenvalue weighted by Crippen LogP contribution is -2.17. The summed E-state index contributed by atoms with van der Waals surface area (Å²) in [5, 5.41) is 2.72. The van der Waals surface area contributed by atoms with Crippen LogP contribution in [0.2, 0.25) is 0 Å². The van der Waals surface area contributed by atoms with Crippen LogP contribution in [0.1, 0.15) is 23.6 Å². The Bertz CT molecular complexity index is 904. The minimum atomic E-state index is -0.108. The summed E-state index contributed by atoms with van der Waals surface area (Å²) in [6.07, 6.45) is 0. The lowest BCUT2D eigenvalue weighted by molar-refractivity contribution is 0.280. The van der Waals surface area contributed by atoms with Gasteiger partial charge in [0.15, 0.2) is 0 Å². The fourth-order valence-electron chi connectivity index (χ4n) is 2.64. The molecule has 3 heterocycles. The molecular formula is C16H14INOS2. The average Bonchev–Trinajstić information content (AvgIpc) is 3.04. The molecule has 0 atom stereocenters. The molecule has 108 valence electrons. The number of hydrogen-bond donors (Lipinski definition) is 0. The number of aryl methyl sites for hydroxylation is 1. The van der Waals surface area contributed by atoms with Crippen molar-refractivity contribution in [3.8, 4) is 0 Å². The smallest absolute Gasteiger partial charge is 0.228 e. The van der Waals surface area contributed by atoms with Gasteiger partial charge in [-0.05, 0) is 61.6 Å². The molecular weight excluding hydrogens is 413 g/mol. The van der Waals surface area contributed by atoms with Gasteiger partial charge < -0.3 is 4.74 Å². The fraction of sp³-hybridized carbons (Fsp3) is 0.312. The molecule has 0 amide bonds. The van der Waals surface area contributed by atoms with Gasteiger partial charge in [0.05, 0.1) is 5.54 Å². The average molecular weight is 427 g/mol. The number of hydrogen-bond acceptors (Lipinski definition) is 4. The molecule has 0 saturated heterocycles. The number of ether oxygens (including phenoxy) is 1. The van der Waals surface area contributed by atoms with Gasteiger partial charge in [0, 0.05) is 28.6 Å². The first-order valence-corrected chi connectivity index (χ1v) is 9.50. The summed E-state index contributed by atoms with van der Waals surface area (Å²) < 4.78 is 9.78. The lowest BCUT2D eigenvalue weighted by atomic mass is 10.1. The molecule has 1 aliphatic heterocycles. The summed E-state index contributed by atoms with van der Waals surface area (Å²) in [5.74, 6) is 0.811. The van der Waals surface area contributed by atoms with Crippen LogP contribution >= 0.6 is 45.3 Å². The van der Waals surface area contributed by atoms with Crippen LogP contribution in [0.15, 0.2) is 23.2 Å². The molecule has 21 heavy (non-hydrogen) atoms. The van der Waals surface area contributed by atoms with E-state index in [0.717, 1.165) is 5.90 Å². The zero-order chi connectivity index (χ0) is 14.8. The minimum absolute atomic E-state index is 0.108. The largest absolute Gasteiger partial charge is 0.474 e. The van der Waals surface area contributed by atoms with Crippen LogP contribution in [0.3, 0.4) is 0 Å². The maximum Gasteiger partial charge on any atom is 0.228 e. The quantitative estimate of drug-likeness (QED) is 0.465. The van der Waals surface area contributed by atoms with Crippen LogP contribution in [-0.4, -0.2) is 18.0 Å². The number of nitrogens with zero attached hydrogens (tertiary/aromatic N) is 1. The zero-order valence-electron chi connectivity index (χ0n) is 12.0. The Balaban J connectivity index is 2.00. The first-order chi connectivity index (χ1) is 9.94. The van der Waals surface area contributed by atoms with Crippen LogP contribution in [0.4, 0.5) is 0 Å². The number of fused-ring (bicyclic) bond motifs is 3. The predicted octanol–water partition coefficient (Wildman–Crippen LogP) is 5.58. The molecule has 5 heteroatoms. The van der Waals surface area contributed by atoms with Gasteiger partial charge in [-0.3, -0.25) is 0 Å². The number of halogens is 1. The summed E-state index contributed by atoms with van der Waals surface area (Å²) >= 11 is 6.09. The van der Waals surface area contributed by atoms with E-state index in [9.17, 15) is 0 Å². The molecule has 0 spiro atoms. The first-order valence-electron chi connectivity index (χ1n) is 6.79. The van der Waals surface area contributed by atoms with Gasteiger partial charge in [-0.25, -0.2) is 4.99 Å². The van der Waals surface area contributed by atoms with Crippen molar-refractivity contribution in [3.05, 3.63) is 31.5 Å². The highest BCUT2D eigenvalue weighted by Gasteiger charge is 2.29. The molecule has 1 aliphatic rings. The van der Waals surface area contributed by atoms with Crippen molar-refractivity contribution in [1.29, 1.82) is 0 Å². The second kappa shape index (κ2) is 4.67. The third kappa shape index (κ3) is 2.21. The molecule has 3 aromatic rings. The number of rotatable bonds is 1. The molecule has 2 nitrogen and oxygen atoms in total. The highest BCUT2D eigenvalue weighted by atomic mass is 127. The number of thiophene rings is 2. The van der Waals surface area contributed by atoms with E-state index in [2.05, 4.69) is 61.6 Å². The zero-order valence-corrected chi connectivity index (χ0v) is 15.8. The van der Waals surface area contributed by atoms with Crippen LogP contribution < -0.4 is 0 Å². The monoisotopic (exact) mass is 427 g/mol. The van der Waals surface area contributed by atoms with Gasteiger partial charge in [0.1, 0.15) is 11.5 Å². The maximum absolute atomic E-state index is 5.84. The minimum Gasteiger partial charge on any atom is -0.474 e.